The van der Waals surface area contributed by atoms with Gasteiger partial charge >= 0.3 is 6.03 Å². The Bertz CT molecular complexity index is 889. The molecular formula is C22H27F2N5O2. The number of nitriles is 1. The Hall–Kier alpha value is -2.76. The fourth-order valence-corrected chi connectivity index (χ4v) is 5.03. The summed E-state index contributed by atoms with van der Waals surface area (Å²) in [4.78, 5) is 29.9. The maximum absolute atomic E-state index is 15.0. The molecule has 3 aliphatic rings. The van der Waals surface area contributed by atoms with Gasteiger partial charge in [0.25, 0.3) is 5.92 Å². The van der Waals surface area contributed by atoms with Crippen molar-refractivity contribution in [1.82, 2.24) is 15.2 Å². The predicted octanol–water partition coefficient (Wildman–Crippen LogP) is 2.62. The van der Waals surface area contributed by atoms with Gasteiger partial charge in [-0.25, -0.2) is 13.6 Å². The molecule has 3 fully saturated rings. The zero-order valence-corrected chi connectivity index (χ0v) is 17.3. The van der Waals surface area contributed by atoms with Crippen LogP contribution in [0, 0.1) is 28.6 Å². The summed E-state index contributed by atoms with van der Waals surface area (Å²) in [6.07, 6.45) is 4.99. The molecule has 31 heavy (non-hydrogen) atoms. The number of rotatable bonds is 7. The van der Waals surface area contributed by atoms with Crippen LogP contribution in [0.25, 0.3) is 0 Å². The average Bonchev–Trinajstić information content (AvgIpc) is 3.64. The van der Waals surface area contributed by atoms with E-state index in [2.05, 4.69) is 16.4 Å². The summed E-state index contributed by atoms with van der Waals surface area (Å²) < 4.78 is 30.0. The number of carbonyl (C=O) groups excluding carboxylic acids is 2. The highest BCUT2D eigenvalue weighted by Gasteiger charge is 2.61. The van der Waals surface area contributed by atoms with Crippen LogP contribution in [0.2, 0.25) is 0 Å². The predicted molar refractivity (Wildman–Crippen MR) is 108 cm³/mol. The van der Waals surface area contributed by atoms with Crippen LogP contribution in [0.4, 0.5) is 13.6 Å². The number of amides is 3. The second kappa shape index (κ2) is 7.74. The van der Waals surface area contributed by atoms with Crippen molar-refractivity contribution >= 4 is 11.9 Å². The quantitative estimate of drug-likeness (QED) is 0.691. The molecule has 2 heterocycles. The van der Waals surface area contributed by atoms with Crippen LogP contribution in [-0.4, -0.2) is 46.4 Å². The van der Waals surface area contributed by atoms with Gasteiger partial charge in [-0.15, -0.1) is 0 Å². The fourth-order valence-electron chi connectivity index (χ4n) is 5.03. The molecular weight excluding hydrogens is 404 g/mol. The standard InChI is InChI=1S/C22H27F2N5O2/c23-22(24,10-15-2-1-7-27-13-15)11-16(18(30)28-21(14-25)3-4-21)17-12-20(17)5-8-29(9-6-20)19(26)31/h1-2,7,13,16-17H,3-6,8-12H2,(H2,26,31)(H,28,30)/t16-,17?/m0/s1. The zero-order chi connectivity index (χ0) is 22.3. The summed E-state index contributed by atoms with van der Waals surface area (Å²) in [5.74, 6) is -4.59. The van der Waals surface area contributed by atoms with Gasteiger partial charge in [-0.2, -0.15) is 5.26 Å². The number of aromatic nitrogens is 1. The second-order valence-corrected chi connectivity index (χ2v) is 9.39. The first-order chi connectivity index (χ1) is 14.7. The zero-order valence-electron chi connectivity index (χ0n) is 17.3. The van der Waals surface area contributed by atoms with Gasteiger partial charge < -0.3 is 16.0 Å². The molecule has 1 saturated heterocycles. The van der Waals surface area contributed by atoms with Gasteiger partial charge in [0.2, 0.25) is 5.91 Å². The lowest BCUT2D eigenvalue weighted by Crippen LogP contribution is -2.45. The number of pyridine rings is 1. The van der Waals surface area contributed by atoms with Gasteiger partial charge in [-0.05, 0) is 55.1 Å². The molecule has 1 aromatic heterocycles. The molecule has 4 rings (SSSR count). The summed E-state index contributed by atoms with van der Waals surface area (Å²) >= 11 is 0. The van der Waals surface area contributed by atoms with E-state index in [4.69, 9.17) is 5.73 Å². The van der Waals surface area contributed by atoms with Crippen molar-refractivity contribution in [3.8, 4) is 6.07 Å². The van der Waals surface area contributed by atoms with Crippen molar-refractivity contribution in [1.29, 1.82) is 5.26 Å². The maximum Gasteiger partial charge on any atom is 0.314 e. The first-order valence-corrected chi connectivity index (χ1v) is 10.7. The van der Waals surface area contributed by atoms with E-state index in [1.807, 2.05) is 0 Å². The van der Waals surface area contributed by atoms with E-state index in [-0.39, 0.29) is 11.3 Å². The van der Waals surface area contributed by atoms with Crippen molar-refractivity contribution in [2.24, 2.45) is 23.0 Å². The number of piperidine rings is 1. The van der Waals surface area contributed by atoms with E-state index < -0.39 is 42.2 Å². The number of nitrogens with zero attached hydrogens (tertiary/aromatic N) is 3. The third kappa shape index (κ3) is 4.63. The Balaban J connectivity index is 1.48. The largest absolute Gasteiger partial charge is 0.351 e. The third-order valence-corrected chi connectivity index (χ3v) is 7.18. The lowest BCUT2D eigenvalue weighted by atomic mass is 9.83. The normalized spacial score (nSPS) is 24.2. The first kappa shape index (κ1) is 21.5. The Morgan fingerprint density at radius 3 is 2.61 bits per heavy atom. The van der Waals surface area contributed by atoms with E-state index in [1.165, 1.54) is 12.4 Å². The van der Waals surface area contributed by atoms with E-state index in [1.54, 1.807) is 17.0 Å². The van der Waals surface area contributed by atoms with Crippen molar-refractivity contribution in [3.63, 3.8) is 0 Å². The molecule has 3 N–H and O–H groups in total. The van der Waals surface area contributed by atoms with Gasteiger partial charge in [0.05, 0.1) is 6.07 Å². The minimum atomic E-state index is -3.08. The molecule has 7 nitrogen and oxygen atoms in total. The molecule has 1 spiro atoms. The topological polar surface area (TPSA) is 112 Å². The van der Waals surface area contributed by atoms with E-state index in [9.17, 15) is 14.9 Å². The van der Waals surface area contributed by atoms with Gasteiger partial charge in [0.1, 0.15) is 5.54 Å². The minimum Gasteiger partial charge on any atom is -0.351 e. The molecule has 0 bridgehead atoms. The molecule has 0 radical (unpaired) electrons. The Labute approximate surface area is 180 Å². The minimum absolute atomic E-state index is 0.184. The van der Waals surface area contributed by atoms with E-state index >= 15 is 8.78 Å². The summed E-state index contributed by atoms with van der Waals surface area (Å²) in [5.41, 5.74) is 4.67. The first-order valence-electron chi connectivity index (χ1n) is 10.7. The summed E-state index contributed by atoms with van der Waals surface area (Å²) in [5, 5.41) is 12.1. The molecule has 2 aliphatic carbocycles. The average molecular weight is 431 g/mol. The second-order valence-electron chi connectivity index (χ2n) is 9.39. The smallest absolute Gasteiger partial charge is 0.314 e. The summed E-state index contributed by atoms with van der Waals surface area (Å²) in [6.45, 7) is 0.961. The number of hydrogen-bond donors (Lipinski definition) is 2. The van der Waals surface area contributed by atoms with Crippen LogP contribution < -0.4 is 11.1 Å². The van der Waals surface area contributed by atoms with Gasteiger partial charge in [-0.3, -0.25) is 9.78 Å². The van der Waals surface area contributed by atoms with E-state index in [0.717, 1.165) is 0 Å². The number of primary amides is 1. The third-order valence-electron chi connectivity index (χ3n) is 7.18. The van der Waals surface area contributed by atoms with Gasteiger partial charge in [0, 0.05) is 44.2 Å². The Kier molecular flexibility index (Phi) is 5.36. The number of alkyl halides is 2. The van der Waals surface area contributed by atoms with E-state index in [0.29, 0.717) is 50.8 Å². The summed E-state index contributed by atoms with van der Waals surface area (Å²) in [6, 6.07) is 4.84. The van der Waals surface area contributed by atoms with Crippen molar-refractivity contribution in [2.75, 3.05) is 13.1 Å². The number of urea groups is 1. The Morgan fingerprint density at radius 1 is 1.35 bits per heavy atom. The van der Waals surface area contributed by atoms with Crippen LogP contribution in [0.5, 0.6) is 0 Å². The molecule has 9 heteroatoms. The number of halogens is 2. The Morgan fingerprint density at radius 2 is 2.06 bits per heavy atom. The highest BCUT2D eigenvalue weighted by Crippen LogP contribution is 2.64. The highest BCUT2D eigenvalue weighted by molar-refractivity contribution is 5.81. The lowest BCUT2D eigenvalue weighted by Gasteiger charge is -2.33. The van der Waals surface area contributed by atoms with Crippen LogP contribution in [0.3, 0.4) is 0 Å². The highest BCUT2D eigenvalue weighted by atomic mass is 19.3. The number of likely N-dealkylation sites (tertiary alicyclic amines) is 1. The number of nitrogens with one attached hydrogen (secondary N) is 1. The number of nitrogens with two attached hydrogens (primary N) is 1. The van der Waals surface area contributed by atoms with Crippen LogP contribution in [0.15, 0.2) is 24.5 Å². The molecule has 3 amide bonds. The number of carbonyl (C=O) groups is 2. The molecule has 2 saturated carbocycles. The monoisotopic (exact) mass is 431 g/mol. The van der Waals surface area contributed by atoms with Crippen LogP contribution in [0.1, 0.15) is 44.1 Å². The fraction of sp³-hybridized carbons (Fsp3) is 0.636. The molecule has 1 unspecified atom stereocenters. The molecule has 0 aromatic carbocycles. The van der Waals surface area contributed by atoms with Crippen molar-refractivity contribution < 1.29 is 18.4 Å². The molecule has 166 valence electrons. The SMILES string of the molecule is N#CC1(NC(=O)[C@@H](CC(F)(F)Cc2cccnc2)C2CC23CCN(C(N)=O)CC3)CC1. The van der Waals surface area contributed by atoms with Crippen molar-refractivity contribution in [3.05, 3.63) is 30.1 Å². The summed E-state index contributed by atoms with van der Waals surface area (Å²) in [7, 11) is 0. The van der Waals surface area contributed by atoms with Crippen LogP contribution >= 0.6 is 0 Å². The van der Waals surface area contributed by atoms with Gasteiger partial charge in [-0.1, -0.05) is 6.07 Å². The molecule has 1 aliphatic heterocycles. The molecule has 2 atom stereocenters. The van der Waals surface area contributed by atoms with Crippen molar-refractivity contribution in [2.45, 2.75) is 56.4 Å². The lowest BCUT2D eigenvalue weighted by molar-refractivity contribution is -0.131. The number of hydrogen-bond acceptors (Lipinski definition) is 4. The maximum atomic E-state index is 15.0. The molecule has 1 aromatic rings. The van der Waals surface area contributed by atoms with Crippen LogP contribution in [-0.2, 0) is 11.2 Å². The van der Waals surface area contributed by atoms with Gasteiger partial charge in [0.15, 0.2) is 0 Å².